The van der Waals surface area contributed by atoms with Crippen LogP contribution in [0.15, 0.2) is 54.9 Å². The van der Waals surface area contributed by atoms with Gasteiger partial charge in [-0.1, -0.05) is 31.2 Å². The van der Waals surface area contributed by atoms with Gasteiger partial charge in [0.1, 0.15) is 0 Å². The molecule has 1 amide bonds. The van der Waals surface area contributed by atoms with E-state index in [2.05, 4.69) is 27.9 Å². The summed E-state index contributed by atoms with van der Waals surface area (Å²) in [6.07, 6.45) is 3.72. The number of aromatic nitrogens is 2. The fourth-order valence-corrected chi connectivity index (χ4v) is 2.63. The molecule has 0 unspecified atom stereocenters. The molecule has 0 saturated heterocycles. The number of benzene rings is 2. The first-order chi connectivity index (χ1) is 11.3. The van der Waals surface area contributed by atoms with E-state index in [1.165, 1.54) is 5.56 Å². The molecule has 0 radical (unpaired) electrons. The Bertz CT molecular complexity index is 790. The van der Waals surface area contributed by atoms with Crippen LogP contribution in [0.1, 0.15) is 29.3 Å². The van der Waals surface area contributed by atoms with Crippen LogP contribution in [0.4, 0.5) is 0 Å². The number of hydrogen-bond acceptors (Lipinski definition) is 2. The molecular formula is C19H21N3O. The summed E-state index contributed by atoms with van der Waals surface area (Å²) in [5, 5.41) is 2.97. The molecule has 0 aliphatic heterocycles. The lowest BCUT2D eigenvalue weighted by atomic mass is 10.1. The largest absolute Gasteiger partial charge is 0.352 e. The quantitative estimate of drug-likeness (QED) is 0.709. The van der Waals surface area contributed by atoms with Crippen LogP contribution in [0.25, 0.3) is 11.0 Å². The van der Waals surface area contributed by atoms with E-state index in [0.29, 0.717) is 6.54 Å². The van der Waals surface area contributed by atoms with Crippen molar-refractivity contribution < 1.29 is 4.79 Å². The van der Waals surface area contributed by atoms with Gasteiger partial charge in [0.05, 0.1) is 17.4 Å². The number of fused-ring (bicyclic) bond motifs is 1. The van der Waals surface area contributed by atoms with Gasteiger partial charge >= 0.3 is 0 Å². The van der Waals surface area contributed by atoms with Crippen LogP contribution in [0.2, 0.25) is 0 Å². The Morgan fingerprint density at radius 3 is 2.70 bits per heavy atom. The number of rotatable bonds is 6. The van der Waals surface area contributed by atoms with Crippen LogP contribution in [0, 0.1) is 0 Å². The smallest absolute Gasteiger partial charge is 0.251 e. The Morgan fingerprint density at radius 2 is 1.91 bits per heavy atom. The lowest BCUT2D eigenvalue weighted by molar-refractivity contribution is 0.0953. The average molecular weight is 307 g/mol. The molecule has 0 saturated carbocycles. The third-order valence-electron chi connectivity index (χ3n) is 4.01. The van der Waals surface area contributed by atoms with Crippen LogP contribution in [-0.4, -0.2) is 22.0 Å². The highest BCUT2D eigenvalue weighted by atomic mass is 16.1. The SMILES string of the molecule is CCc1ccc(C(=O)NCCCn2cnc3ccccc32)cc1. The van der Waals surface area contributed by atoms with Gasteiger partial charge < -0.3 is 9.88 Å². The third-order valence-corrected chi connectivity index (χ3v) is 4.01. The van der Waals surface area contributed by atoms with Gasteiger partial charge in [-0.25, -0.2) is 4.98 Å². The third kappa shape index (κ3) is 3.59. The molecule has 118 valence electrons. The Morgan fingerprint density at radius 1 is 1.13 bits per heavy atom. The second kappa shape index (κ2) is 7.09. The zero-order chi connectivity index (χ0) is 16.1. The molecule has 4 heteroatoms. The highest BCUT2D eigenvalue weighted by Crippen LogP contribution is 2.12. The summed E-state index contributed by atoms with van der Waals surface area (Å²) < 4.78 is 2.12. The van der Waals surface area contributed by atoms with E-state index >= 15 is 0 Å². The van der Waals surface area contributed by atoms with Crippen LogP contribution in [0.3, 0.4) is 0 Å². The number of hydrogen-bond donors (Lipinski definition) is 1. The fraction of sp³-hybridized carbons (Fsp3) is 0.263. The maximum Gasteiger partial charge on any atom is 0.251 e. The molecule has 3 aromatic rings. The lowest BCUT2D eigenvalue weighted by Crippen LogP contribution is -2.25. The molecule has 0 aliphatic rings. The topological polar surface area (TPSA) is 46.9 Å². The first kappa shape index (κ1) is 15.3. The van der Waals surface area contributed by atoms with Crippen molar-refractivity contribution in [3.8, 4) is 0 Å². The number of amides is 1. The normalized spacial score (nSPS) is 10.8. The molecular weight excluding hydrogens is 286 g/mol. The number of aryl methyl sites for hydroxylation is 2. The molecule has 0 aliphatic carbocycles. The second-order valence-electron chi connectivity index (χ2n) is 5.59. The molecule has 0 fully saturated rings. The van der Waals surface area contributed by atoms with Crippen LogP contribution in [-0.2, 0) is 13.0 Å². The second-order valence-corrected chi connectivity index (χ2v) is 5.59. The number of nitrogens with one attached hydrogen (secondary N) is 1. The van der Waals surface area contributed by atoms with Crippen molar-refractivity contribution >= 4 is 16.9 Å². The molecule has 23 heavy (non-hydrogen) atoms. The summed E-state index contributed by atoms with van der Waals surface area (Å²) in [5.41, 5.74) is 4.10. The Labute approximate surface area is 136 Å². The van der Waals surface area contributed by atoms with Crippen molar-refractivity contribution in [1.29, 1.82) is 0 Å². The van der Waals surface area contributed by atoms with Crippen molar-refractivity contribution in [3.63, 3.8) is 0 Å². The van der Waals surface area contributed by atoms with E-state index in [1.54, 1.807) is 0 Å². The minimum atomic E-state index is -0.0110. The first-order valence-corrected chi connectivity index (χ1v) is 8.05. The summed E-state index contributed by atoms with van der Waals surface area (Å²) in [4.78, 5) is 16.5. The summed E-state index contributed by atoms with van der Waals surface area (Å²) in [7, 11) is 0. The van der Waals surface area contributed by atoms with Crippen molar-refractivity contribution in [2.24, 2.45) is 0 Å². The average Bonchev–Trinajstić information content (AvgIpc) is 3.02. The van der Waals surface area contributed by atoms with Gasteiger partial charge in [-0.2, -0.15) is 0 Å². The van der Waals surface area contributed by atoms with E-state index < -0.39 is 0 Å². The molecule has 3 rings (SSSR count). The fourth-order valence-electron chi connectivity index (χ4n) is 2.63. The van der Waals surface area contributed by atoms with E-state index in [9.17, 15) is 4.79 Å². The molecule has 0 spiro atoms. The highest BCUT2D eigenvalue weighted by molar-refractivity contribution is 5.94. The van der Waals surface area contributed by atoms with Crippen molar-refractivity contribution in [3.05, 3.63) is 66.0 Å². The van der Waals surface area contributed by atoms with Gasteiger partial charge in [0.25, 0.3) is 5.91 Å². The van der Waals surface area contributed by atoms with Gasteiger partial charge in [0.15, 0.2) is 0 Å². The maximum atomic E-state index is 12.1. The molecule has 1 N–H and O–H groups in total. The first-order valence-electron chi connectivity index (χ1n) is 8.05. The van der Waals surface area contributed by atoms with Crippen LogP contribution >= 0.6 is 0 Å². The van der Waals surface area contributed by atoms with Gasteiger partial charge in [-0.3, -0.25) is 4.79 Å². The predicted octanol–water partition coefficient (Wildman–Crippen LogP) is 3.42. The number of imidazole rings is 1. The molecule has 4 nitrogen and oxygen atoms in total. The van der Waals surface area contributed by atoms with Crippen LogP contribution < -0.4 is 5.32 Å². The zero-order valence-electron chi connectivity index (χ0n) is 13.3. The van der Waals surface area contributed by atoms with Crippen molar-refractivity contribution in [1.82, 2.24) is 14.9 Å². The Hall–Kier alpha value is -2.62. The number of carbonyl (C=O) groups is 1. The minimum absolute atomic E-state index is 0.0110. The Kier molecular flexibility index (Phi) is 4.71. The number of nitrogens with zero attached hydrogens (tertiary/aromatic N) is 2. The molecule has 2 aromatic carbocycles. The highest BCUT2D eigenvalue weighted by Gasteiger charge is 2.05. The van der Waals surface area contributed by atoms with Crippen molar-refractivity contribution in [2.75, 3.05) is 6.54 Å². The number of carbonyl (C=O) groups excluding carboxylic acids is 1. The van der Waals surface area contributed by atoms with Gasteiger partial charge in [0, 0.05) is 18.7 Å². The number of para-hydroxylation sites is 2. The van der Waals surface area contributed by atoms with Gasteiger partial charge in [0.2, 0.25) is 0 Å². The van der Waals surface area contributed by atoms with Crippen LogP contribution in [0.5, 0.6) is 0 Å². The minimum Gasteiger partial charge on any atom is -0.352 e. The van der Waals surface area contributed by atoms with E-state index in [-0.39, 0.29) is 5.91 Å². The summed E-state index contributed by atoms with van der Waals surface area (Å²) >= 11 is 0. The van der Waals surface area contributed by atoms with Crippen molar-refractivity contribution in [2.45, 2.75) is 26.3 Å². The van der Waals surface area contributed by atoms with E-state index in [1.807, 2.05) is 48.8 Å². The molecule has 1 heterocycles. The zero-order valence-corrected chi connectivity index (χ0v) is 13.3. The lowest BCUT2D eigenvalue weighted by Gasteiger charge is -2.07. The van der Waals surface area contributed by atoms with Gasteiger partial charge in [-0.15, -0.1) is 0 Å². The standard InChI is InChI=1S/C19H21N3O/c1-2-15-8-10-16(11-9-15)19(23)20-12-5-13-22-14-21-17-6-3-4-7-18(17)22/h3-4,6-11,14H,2,5,12-13H2,1H3,(H,20,23). The molecule has 0 bridgehead atoms. The maximum absolute atomic E-state index is 12.1. The molecule has 0 atom stereocenters. The summed E-state index contributed by atoms with van der Waals surface area (Å²) in [6.45, 7) is 3.60. The summed E-state index contributed by atoms with van der Waals surface area (Å²) in [6, 6.07) is 15.9. The summed E-state index contributed by atoms with van der Waals surface area (Å²) in [5.74, 6) is -0.0110. The monoisotopic (exact) mass is 307 g/mol. The predicted molar refractivity (Wildman–Crippen MR) is 92.5 cm³/mol. The Balaban J connectivity index is 1.50. The van der Waals surface area contributed by atoms with E-state index in [4.69, 9.17) is 0 Å². The van der Waals surface area contributed by atoms with E-state index in [0.717, 1.165) is 36.0 Å². The van der Waals surface area contributed by atoms with Gasteiger partial charge in [-0.05, 0) is 42.7 Å². The molecule has 1 aromatic heterocycles.